The maximum atomic E-state index is 13.1. The predicted molar refractivity (Wildman–Crippen MR) is 120 cm³/mol. The number of aryl methyl sites for hydroxylation is 2. The molecule has 7 heteroatoms. The van der Waals surface area contributed by atoms with Crippen molar-refractivity contribution in [1.82, 2.24) is 9.21 Å². The van der Waals surface area contributed by atoms with Gasteiger partial charge < -0.3 is 9.64 Å². The zero-order valence-electron chi connectivity index (χ0n) is 17.8. The lowest BCUT2D eigenvalue weighted by atomic mass is 9.92. The van der Waals surface area contributed by atoms with Gasteiger partial charge in [-0.15, -0.1) is 0 Å². The zero-order chi connectivity index (χ0) is 21.8. The van der Waals surface area contributed by atoms with Gasteiger partial charge in [-0.05, 0) is 72.7 Å². The molecule has 1 heterocycles. The Kier molecular flexibility index (Phi) is 6.43. The summed E-state index contributed by atoms with van der Waals surface area (Å²) in [6.45, 7) is 1.37. The van der Waals surface area contributed by atoms with Crippen molar-refractivity contribution in [3.8, 4) is 5.75 Å². The van der Waals surface area contributed by atoms with Gasteiger partial charge in [-0.25, -0.2) is 8.42 Å². The van der Waals surface area contributed by atoms with Crippen LogP contribution in [0.4, 0.5) is 0 Å². The molecule has 1 aliphatic carbocycles. The third-order valence-corrected chi connectivity index (χ3v) is 7.91. The molecule has 1 aliphatic heterocycles. The first-order chi connectivity index (χ1) is 15.0. The fourth-order valence-electron chi connectivity index (χ4n) is 4.19. The molecule has 2 aliphatic rings. The predicted octanol–water partition coefficient (Wildman–Crippen LogP) is 3.12. The minimum Gasteiger partial charge on any atom is -0.497 e. The monoisotopic (exact) mass is 440 g/mol. The van der Waals surface area contributed by atoms with Crippen molar-refractivity contribution < 1.29 is 17.9 Å². The van der Waals surface area contributed by atoms with Crippen molar-refractivity contribution in [1.29, 1.82) is 0 Å². The number of benzene rings is 2. The maximum absolute atomic E-state index is 13.1. The van der Waals surface area contributed by atoms with Crippen LogP contribution in [-0.4, -0.2) is 56.8 Å². The van der Waals surface area contributed by atoms with Crippen LogP contribution in [0.15, 0.2) is 53.4 Å². The first-order valence-corrected chi connectivity index (χ1v) is 12.1. The van der Waals surface area contributed by atoms with Crippen LogP contribution in [0.3, 0.4) is 0 Å². The second-order valence-electron chi connectivity index (χ2n) is 7.98. The Balaban J connectivity index is 1.38. The number of nitrogens with zero attached hydrogens (tertiary/aromatic N) is 2. The summed E-state index contributed by atoms with van der Waals surface area (Å²) in [4.78, 5) is 14.6. The summed E-state index contributed by atoms with van der Waals surface area (Å²) in [5.41, 5.74) is 3.30. The normalized spacial score (nSPS) is 17.5. The molecule has 0 spiro atoms. The molecule has 0 saturated carbocycles. The molecular weight excluding hydrogens is 412 g/mol. The molecule has 0 radical (unpaired) electrons. The molecule has 0 aromatic heterocycles. The molecule has 2 aromatic rings. The van der Waals surface area contributed by atoms with E-state index < -0.39 is 10.0 Å². The number of ether oxygens (including phenoxy) is 1. The van der Waals surface area contributed by atoms with Crippen LogP contribution >= 0.6 is 0 Å². The number of piperazine rings is 1. The van der Waals surface area contributed by atoms with Crippen molar-refractivity contribution in [2.45, 2.75) is 30.6 Å². The number of amides is 1. The van der Waals surface area contributed by atoms with Gasteiger partial charge in [0, 0.05) is 32.3 Å². The van der Waals surface area contributed by atoms with Crippen LogP contribution in [-0.2, 0) is 27.7 Å². The molecule has 2 aromatic carbocycles. The van der Waals surface area contributed by atoms with Crippen molar-refractivity contribution in [2.24, 2.45) is 0 Å². The van der Waals surface area contributed by atoms with E-state index >= 15 is 0 Å². The van der Waals surface area contributed by atoms with E-state index in [9.17, 15) is 13.2 Å². The topological polar surface area (TPSA) is 66.9 Å². The quantitative estimate of drug-likeness (QED) is 0.670. The molecule has 4 rings (SSSR count). The Morgan fingerprint density at radius 1 is 0.968 bits per heavy atom. The van der Waals surface area contributed by atoms with E-state index in [-0.39, 0.29) is 5.91 Å². The van der Waals surface area contributed by atoms with Gasteiger partial charge in [-0.3, -0.25) is 4.79 Å². The molecule has 6 nitrogen and oxygen atoms in total. The Hall–Kier alpha value is -2.64. The number of fused-ring (bicyclic) bond motifs is 1. The smallest absolute Gasteiger partial charge is 0.246 e. The maximum Gasteiger partial charge on any atom is 0.246 e. The molecule has 0 N–H and O–H groups in total. The summed E-state index contributed by atoms with van der Waals surface area (Å²) in [6.07, 6.45) is 7.53. The fraction of sp³-hybridized carbons (Fsp3) is 0.375. The molecule has 0 atom stereocenters. The lowest BCUT2D eigenvalue weighted by Crippen LogP contribution is -2.50. The number of hydrogen-bond acceptors (Lipinski definition) is 4. The lowest BCUT2D eigenvalue weighted by molar-refractivity contribution is -0.127. The van der Waals surface area contributed by atoms with E-state index in [1.807, 2.05) is 36.4 Å². The average molecular weight is 441 g/mol. The Bertz CT molecular complexity index is 1090. The lowest BCUT2D eigenvalue weighted by Gasteiger charge is -2.33. The Labute approximate surface area is 184 Å². The second kappa shape index (κ2) is 9.24. The van der Waals surface area contributed by atoms with Gasteiger partial charge in [-0.1, -0.05) is 18.2 Å². The minimum absolute atomic E-state index is 0.117. The molecule has 0 unspecified atom stereocenters. The van der Waals surface area contributed by atoms with Crippen LogP contribution in [0, 0.1) is 0 Å². The first kappa shape index (κ1) is 21.6. The highest BCUT2D eigenvalue weighted by Crippen LogP contribution is 2.26. The number of carbonyl (C=O) groups excluding carboxylic acids is 1. The van der Waals surface area contributed by atoms with Gasteiger partial charge in [0.05, 0.1) is 12.0 Å². The van der Waals surface area contributed by atoms with Crippen molar-refractivity contribution in [2.75, 3.05) is 33.3 Å². The third-order valence-electron chi connectivity index (χ3n) is 6.02. The Morgan fingerprint density at radius 3 is 2.45 bits per heavy atom. The Morgan fingerprint density at radius 2 is 1.71 bits per heavy atom. The highest BCUT2D eigenvalue weighted by atomic mass is 32.2. The summed E-state index contributed by atoms with van der Waals surface area (Å²) in [5, 5.41) is 0. The fourth-order valence-corrected chi connectivity index (χ4v) is 5.66. The summed E-state index contributed by atoms with van der Waals surface area (Å²) in [6, 6.07) is 13.0. The van der Waals surface area contributed by atoms with Crippen LogP contribution < -0.4 is 4.74 Å². The number of sulfonamides is 1. The van der Waals surface area contributed by atoms with Gasteiger partial charge in [0.25, 0.3) is 0 Å². The minimum atomic E-state index is -3.54. The molecule has 1 fully saturated rings. The van der Waals surface area contributed by atoms with Gasteiger partial charge in [0.15, 0.2) is 0 Å². The summed E-state index contributed by atoms with van der Waals surface area (Å²) in [5.74, 6) is 0.615. The van der Waals surface area contributed by atoms with E-state index in [0.717, 1.165) is 36.1 Å². The van der Waals surface area contributed by atoms with Gasteiger partial charge in [0.2, 0.25) is 15.9 Å². The number of rotatable bonds is 5. The van der Waals surface area contributed by atoms with E-state index in [1.54, 1.807) is 24.2 Å². The van der Waals surface area contributed by atoms with E-state index in [1.165, 1.54) is 22.4 Å². The SMILES string of the molecule is COc1cccc(/C=C/C(=O)N2CCN(S(=O)(=O)c3ccc4c(c3)CCCC4)CC2)c1. The van der Waals surface area contributed by atoms with E-state index in [2.05, 4.69) is 0 Å². The van der Waals surface area contributed by atoms with Crippen molar-refractivity contribution in [3.63, 3.8) is 0 Å². The molecule has 0 bridgehead atoms. The van der Waals surface area contributed by atoms with Crippen LogP contribution in [0.5, 0.6) is 5.75 Å². The average Bonchev–Trinajstić information content (AvgIpc) is 2.82. The molecular formula is C24H28N2O4S. The first-order valence-electron chi connectivity index (χ1n) is 10.7. The summed E-state index contributed by atoms with van der Waals surface area (Å²) < 4.78 is 32.9. The molecule has 164 valence electrons. The highest BCUT2D eigenvalue weighted by Gasteiger charge is 2.30. The van der Waals surface area contributed by atoms with Gasteiger partial charge in [-0.2, -0.15) is 4.31 Å². The second-order valence-corrected chi connectivity index (χ2v) is 9.91. The largest absolute Gasteiger partial charge is 0.497 e. The van der Waals surface area contributed by atoms with Gasteiger partial charge >= 0.3 is 0 Å². The van der Waals surface area contributed by atoms with Crippen LogP contribution in [0.2, 0.25) is 0 Å². The highest BCUT2D eigenvalue weighted by molar-refractivity contribution is 7.89. The van der Waals surface area contributed by atoms with Crippen molar-refractivity contribution in [3.05, 3.63) is 65.2 Å². The van der Waals surface area contributed by atoms with Crippen molar-refractivity contribution >= 4 is 22.0 Å². The number of methoxy groups -OCH3 is 1. The standard InChI is InChI=1S/C24H28N2O4S/c1-30-22-8-4-5-19(17-22)9-12-24(27)25-13-15-26(16-14-25)31(28,29)23-11-10-20-6-2-3-7-21(20)18-23/h4-5,8-12,17-18H,2-3,6-7,13-16H2,1H3/b12-9+. The number of hydrogen-bond donors (Lipinski definition) is 0. The summed E-state index contributed by atoms with van der Waals surface area (Å²) >= 11 is 0. The van der Waals surface area contributed by atoms with E-state index in [4.69, 9.17) is 4.74 Å². The van der Waals surface area contributed by atoms with Crippen LogP contribution in [0.1, 0.15) is 29.5 Å². The third kappa shape index (κ3) is 4.83. The van der Waals surface area contributed by atoms with Crippen LogP contribution in [0.25, 0.3) is 6.08 Å². The van der Waals surface area contributed by atoms with Gasteiger partial charge in [0.1, 0.15) is 5.75 Å². The number of carbonyl (C=O) groups is 1. The molecule has 1 saturated heterocycles. The molecule has 1 amide bonds. The molecule has 31 heavy (non-hydrogen) atoms. The zero-order valence-corrected chi connectivity index (χ0v) is 18.6. The van der Waals surface area contributed by atoms with E-state index in [0.29, 0.717) is 31.1 Å². The summed E-state index contributed by atoms with van der Waals surface area (Å²) in [7, 11) is -1.94.